The lowest BCUT2D eigenvalue weighted by Gasteiger charge is -2.32. The quantitative estimate of drug-likeness (QED) is 0.648. The van der Waals surface area contributed by atoms with Crippen LogP contribution in [0.2, 0.25) is 0 Å². The first kappa shape index (κ1) is 24.4. The van der Waals surface area contributed by atoms with E-state index in [1.807, 2.05) is 14.1 Å². The van der Waals surface area contributed by atoms with Gasteiger partial charge in [0, 0.05) is 19.6 Å². The van der Waals surface area contributed by atoms with Gasteiger partial charge in [-0.2, -0.15) is 4.31 Å². The Morgan fingerprint density at radius 2 is 1.97 bits per heavy atom. The summed E-state index contributed by atoms with van der Waals surface area (Å²) in [5.74, 6) is -0.220. The van der Waals surface area contributed by atoms with Crippen molar-refractivity contribution in [3.8, 4) is 0 Å². The van der Waals surface area contributed by atoms with Gasteiger partial charge in [-0.25, -0.2) is 8.42 Å². The van der Waals surface area contributed by atoms with Crippen LogP contribution in [0.25, 0.3) is 0 Å². The Morgan fingerprint density at radius 3 is 2.53 bits per heavy atom. The van der Waals surface area contributed by atoms with E-state index in [2.05, 4.69) is 46.6 Å². The molecule has 1 aromatic heterocycles. The highest BCUT2D eigenvalue weighted by molar-refractivity contribution is 7.89. The van der Waals surface area contributed by atoms with Gasteiger partial charge in [-0.3, -0.25) is 4.79 Å². The molecule has 1 amide bonds. The normalized spacial score (nSPS) is 18.6. The molecule has 176 valence electrons. The van der Waals surface area contributed by atoms with Crippen LogP contribution in [-0.4, -0.2) is 62.4 Å². The smallest absolute Gasteiger partial charge is 0.248 e. The van der Waals surface area contributed by atoms with Gasteiger partial charge in [-0.05, 0) is 58.3 Å². The molecule has 1 N–H and O–H groups in total. The lowest BCUT2D eigenvalue weighted by atomic mass is 9.98. The molecule has 2 unspecified atom stereocenters. The maximum Gasteiger partial charge on any atom is 0.248 e. The zero-order chi connectivity index (χ0) is 23.5. The number of aryl methyl sites for hydroxylation is 3. The van der Waals surface area contributed by atoms with Crippen LogP contribution in [-0.2, 0) is 21.2 Å². The lowest BCUT2D eigenvalue weighted by Crippen LogP contribution is -2.46. The van der Waals surface area contributed by atoms with Crippen LogP contribution in [0.1, 0.15) is 48.4 Å². The van der Waals surface area contributed by atoms with Crippen molar-refractivity contribution in [1.82, 2.24) is 19.7 Å². The summed E-state index contributed by atoms with van der Waals surface area (Å²) in [5.41, 5.74) is 2.76. The van der Waals surface area contributed by atoms with Crippen LogP contribution in [0.15, 0.2) is 33.7 Å². The summed E-state index contributed by atoms with van der Waals surface area (Å²) >= 11 is 0. The molecule has 0 radical (unpaired) electrons. The highest BCUT2D eigenvalue weighted by Crippen LogP contribution is 2.28. The lowest BCUT2D eigenvalue weighted by molar-refractivity contribution is -0.126. The number of hydrogen-bond donors (Lipinski definition) is 1. The van der Waals surface area contributed by atoms with Crippen LogP contribution in [0.4, 0.5) is 0 Å². The summed E-state index contributed by atoms with van der Waals surface area (Å²) in [7, 11) is 0.226. The molecule has 0 aliphatic carbocycles. The van der Waals surface area contributed by atoms with Crippen molar-refractivity contribution < 1.29 is 17.7 Å². The number of piperidine rings is 1. The van der Waals surface area contributed by atoms with Crippen molar-refractivity contribution in [2.24, 2.45) is 5.92 Å². The van der Waals surface area contributed by atoms with E-state index in [0.717, 1.165) is 12.0 Å². The third kappa shape index (κ3) is 5.22. The topological polar surface area (TPSA) is 95.8 Å². The highest BCUT2D eigenvalue weighted by atomic mass is 32.2. The summed E-state index contributed by atoms with van der Waals surface area (Å²) < 4.78 is 32.7. The third-order valence-corrected chi connectivity index (χ3v) is 8.30. The number of benzene rings is 1. The number of hydrogen-bond acceptors (Lipinski definition) is 6. The van der Waals surface area contributed by atoms with Crippen LogP contribution in [0.5, 0.6) is 0 Å². The Balaban J connectivity index is 1.66. The minimum atomic E-state index is -3.75. The molecule has 1 aromatic carbocycles. The van der Waals surface area contributed by atoms with Crippen molar-refractivity contribution in [3.05, 3.63) is 46.8 Å². The van der Waals surface area contributed by atoms with Crippen molar-refractivity contribution in [1.29, 1.82) is 0 Å². The van der Waals surface area contributed by atoms with Crippen molar-refractivity contribution >= 4 is 15.9 Å². The van der Waals surface area contributed by atoms with Crippen LogP contribution < -0.4 is 5.32 Å². The molecule has 0 bridgehead atoms. The number of nitrogens with zero attached hydrogens (tertiary/aromatic N) is 3. The molecule has 2 heterocycles. The van der Waals surface area contributed by atoms with E-state index in [1.54, 1.807) is 13.8 Å². The monoisotopic (exact) mass is 462 g/mol. The average molecular weight is 463 g/mol. The molecular formula is C23H34N4O4S. The molecule has 3 rings (SSSR count). The van der Waals surface area contributed by atoms with Crippen molar-refractivity contribution in [2.45, 2.75) is 51.0 Å². The van der Waals surface area contributed by atoms with Gasteiger partial charge in [-0.1, -0.05) is 36.3 Å². The van der Waals surface area contributed by atoms with Gasteiger partial charge in [0.15, 0.2) is 5.76 Å². The van der Waals surface area contributed by atoms with Crippen LogP contribution in [0.3, 0.4) is 0 Å². The minimum absolute atomic E-state index is 0.0376. The SMILES string of the molecule is CCc1ccc(C(CNC(=O)C2CCCN(S(=O)(=O)c3c(C)noc3C)C2)N(C)C)cc1. The van der Waals surface area contributed by atoms with E-state index in [4.69, 9.17) is 4.52 Å². The first-order valence-corrected chi connectivity index (χ1v) is 12.5. The molecule has 0 spiro atoms. The van der Waals surface area contributed by atoms with Gasteiger partial charge in [0.25, 0.3) is 0 Å². The number of aromatic nitrogens is 1. The zero-order valence-corrected chi connectivity index (χ0v) is 20.4. The summed E-state index contributed by atoms with van der Waals surface area (Å²) in [5, 5.41) is 6.83. The Hall–Kier alpha value is -2.23. The maximum absolute atomic E-state index is 13.1. The highest BCUT2D eigenvalue weighted by Gasteiger charge is 2.36. The number of likely N-dealkylation sites (N-methyl/N-ethyl adjacent to an activating group) is 1. The van der Waals surface area contributed by atoms with Gasteiger partial charge >= 0.3 is 0 Å². The first-order chi connectivity index (χ1) is 15.1. The van der Waals surface area contributed by atoms with E-state index in [0.29, 0.717) is 31.6 Å². The summed E-state index contributed by atoms with van der Waals surface area (Å²) in [4.78, 5) is 15.2. The van der Waals surface area contributed by atoms with E-state index in [9.17, 15) is 13.2 Å². The molecule has 1 saturated heterocycles. The Kier molecular flexibility index (Phi) is 7.74. The maximum atomic E-state index is 13.1. The number of nitrogens with one attached hydrogen (secondary N) is 1. The molecular weight excluding hydrogens is 428 g/mol. The fraction of sp³-hybridized carbons (Fsp3) is 0.565. The second-order valence-electron chi connectivity index (χ2n) is 8.68. The molecule has 2 aromatic rings. The number of amides is 1. The van der Waals surface area contributed by atoms with E-state index < -0.39 is 10.0 Å². The second-order valence-corrected chi connectivity index (χ2v) is 10.5. The number of sulfonamides is 1. The summed E-state index contributed by atoms with van der Waals surface area (Å²) in [6.45, 7) is 6.35. The Morgan fingerprint density at radius 1 is 1.28 bits per heavy atom. The number of rotatable bonds is 8. The van der Waals surface area contributed by atoms with Crippen molar-refractivity contribution in [2.75, 3.05) is 33.7 Å². The molecule has 1 aliphatic rings. The fourth-order valence-electron chi connectivity index (χ4n) is 4.26. The number of carbonyl (C=O) groups is 1. The van der Waals surface area contributed by atoms with Crippen LogP contribution >= 0.6 is 0 Å². The molecule has 1 fully saturated rings. The van der Waals surface area contributed by atoms with Crippen molar-refractivity contribution in [3.63, 3.8) is 0 Å². The molecule has 0 saturated carbocycles. The summed E-state index contributed by atoms with van der Waals surface area (Å²) in [6.07, 6.45) is 2.28. The van der Waals surface area contributed by atoms with E-state index >= 15 is 0 Å². The Bertz CT molecular complexity index is 1010. The van der Waals surface area contributed by atoms with Gasteiger partial charge in [0.1, 0.15) is 10.6 Å². The first-order valence-electron chi connectivity index (χ1n) is 11.1. The fourth-order valence-corrected chi connectivity index (χ4v) is 6.08. The molecule has 1 aliphatic heterocycles. The minimum Gasteiger partial charge on any atom is -0.360 e. The standard InChI is InChI=1S/C23H34N4O4S/c1-6-18-9-11-19(12-10-18)21(26(4)5)14-24-23(28)20-8-7-13-27(15-20)32(29,30)22-16(2)25-31-17(22)3/h9-12,20-21H,6-8,13-15H2,1-5H3,(H,24,28). The predicted molar refractivity (Wildman–Crippen MR) is 123 cm³/mol. The molecule has 8 nitrogen and oxygen atoms in total. The average Bonchev–Trinajstić information content (AvgIpc) is 3.12. The number of carbonyl (C=O) groups excluding carboxylic acids is 1. The largest absolute Gasteiger partial charge is 0.360 e. The summed E-state index contributed by atoms with van der Waals surface area (Å²) in [6, 6.07) is 8.48. The van der Waals surface area contributed by atoms with Gasteiger partial charge in [-0.15, -0.1) is 0 Å². The molecule has 32 heavy (non-hydrogen) atoms. The van der Waals surface area contributed by atoms with Gasteiger partial charge in [0.05, 0.1) is 12.0 Å². The van der Waals surface area contributed by atoms with Gasteiger partial charge in [0.2, 0.25) is 15.9 Å². The molecule has 9 heteroatoms. The van der Waals surface area contributed by atoms with Crippen LogP contribution in [0, 0.1) is 19.8 Å². The third-order valence-electron chi connectivity index (χ3n) is 6.19. The van der Waals surface area contributed by atoms with Gasteiger partial charge < -0.3 is 14.7 Å². The predicted octanol–water partition coefficient (Wildman–Crippen LogP) is 2.67. The second kappa shape index (κ2) is 10.1. The van der Waals surface area contributed by atoms with E-state index in [-0.39, 0.29) is 35.1 Å². The Labute approximate surface area is 191 Å². The molecule has 2 atom stereocenters. The zero-order valence-electron chi connectivity index (χ0n) is 19.6. The van der Waals surface area contributed by atoms with E-state index in [1.165, 1.54) is 9.87 Å².